The van der Waals surface area contributed by atoms with Crippen LogP contribution in [0, 0.1) is 6.92 Å². The van der Waals surface area contributed by atoms with E-state index in [0.29, 0.717) is 5.02 Å². The largest absolute Gasteiger partial charge is 0.354 e. The van der Waals surface area contributed by atoms with Crippen molar-refractivity contribution in [2.75, 3.05) is 38.5 Å². The molecule has 0 bridgehead atoms. The predicted octanol–water partition coefficient (Wildman–Crippen LogP) is 5.84. The monoisotopic (exact) mass is 430 g/mol. The van der Waals surface area contributed by atoms with Gasteiger partial charge in [0.25, 0.3) is 0 Å². The summed E-state index contributed by atoms with van der Waals surface area (Å²) in [7, 11) is 2.19. The molecule has 2 heterocycles. The first kappa shape index (κ1) is 20.3. The molecule has 0 radical (unpaired) electrons. The first-order chi connectivity index (χ1) is 15.0. The van der Waals surface area contributed by atoms with Gasteiger partial charge in [0.15, 0.2) is 0 Å². The van der Waals surface area contributed by atoms with E-state index in [1.165, 1.54) is 11.1 Å². The van der Waals surface area contributed by atoms with Gasteiger partial charge in [0.05, 0.1) is 16.7 Å². The zero-order valence-corrected chi connectivity index (χ0v) is 18.8. The molecule has 1 aromatic heterocycles. The topological polar surface area (TPSA) is 31.4 Å². The standard InChI is InChI=1S/C26H27ClN4/c1-18-6-9-24-23(14-18)26(22-8-7-20(27)16-25(22)29-24)28-21-5-3-4-19(15-21)17-31-12-10-30(2)11-13-31/h3-9,14-16H,10-13,17H2,1-2H3,(H,28,29). The molecule has 1 saturated heterocycles. The molecule has 0 amide bonds. The summed E-state index contributed by atoms with van der Waals surface area (Å²) in [6.45, 7) is 7.60. The van der Waals surface area contributed by atoms with Gasteiger partial charge in [-0.15, -0.1) is 0 Å². The highest BCUT2D eigenvalue weighted by molar-refractivity contribution is 6.31. The number of benzene rings is 3. The molecule has 0 saturated carbocycles. The first-order valence-corrected chi connectivity index (χ1v) is 11.2. The summed E-state index contributed by atoms with van der Waals surface area (Å²) in [5, 5.41) is 6.61. The van der Waals surface area contributed by atoms with Crippen molar-refractivity contribution in [1.82, 2.24) is 14.8 Å². The number of aryl methyl sites for hydroxylation is 1. The fraction of sp³-hybridized carbons (Fsp3) is 0.269. The normalized spacial score (nSPS) is 15.6. The number of anilines is 2. The Bertz CT molecular complexity index is 1250. The van der Waals surface area contributed by atoms with Crippen molar-refractivity contribution in [3.05, 3.63) is 76.8 Å². The van der Waals surface area contributed by atoms with Crippen LogP contribution in [0.25, 0.3) is 21.8 Å². The van der Waals surface area contributed by atoms with Crippen LogP contribution in [0.3, 0.4) is 0 Å². The summed E-state index contributed by atoms with van der Waals surface area (Å²) in [6.07, 6.45) is 0. The summed E-state index contributed by atoms with van der Waals surface area (Å²) in [5.74, 6) is 0. The molecule has 4 nitrogen and oxygen atoms in total. The van der Waals surface area contributed by atoms with Crippen LogP contribution >= 0.6 is 11.6 Å². The molecule has 1 aliphatic heterocycles. The third-order valence-corrected chi connectivity index (χ3v) is 6.32. The van der Waals surface area contributed by atoms with Gasteiger partial charge in [0, 0.05) is 54.2 Å². The quantitative estimate of drug-likeness (QED) is 0.412. The third-order valence-electron chi connectivity index (χ3n) is 6.09. The van der Waals surface area contributed by atoms with Crippen LogP contribution in [-0.2, 0) is 6.54 Å². The van der Waals surface area contributed by atoms with E-state index in [0.717, 1.165) is 65.9 Å². The molecule has 1 fully saturated rings. The fourth-order valence-corrected chi connectivity index (χ4v) is 4.49. The van der Waals surface area contributed by atoms with Crippen LogP contribution in [0.15, 0.2) is 60.7 Å². The second-order valence-corrected chi connectivity index (χ2v) is 9.01. The van der Waals surface area contributed by atoms with E-state index in [-0.39, 0.29) is 0 Å². The van der Waals surface area contributed by atoms with E-state index >= 15 is 0 Å². The molecule has 0 atom stereocenters. The number of rotatable bonds is 4. The number of nitrogens with zero attached hydrogens (tertiary/aromatic N) is 3. The Kier molecular flexibility index (Phi) is 5.53. The van der Waals surface area contributed by atoms with Crippen molar-refractivity contribution in [2.45, 2.75) is 13.5 Å². The Labute approximate surface area is 188 Å². The Morgan fingerprint density at radius 2 is 1.74 bits per heavy atom. The molecule has 3 aromatic carbocycles. The SMILES string of the molecule is Cc1ccc2nc3cc(Cl)ccc3c(Nc3cccc(CN4CCN(C)CC4)c3)c2c1. The highest BCUT2D eigenvalue weighted by Gasteiger charge is 2.15. The summed E-state index contributed by atoms with van der Waals surface area (Å²) < 4.78 is 0. The molecule has 0 spiro atoms. The number of hydrogen-bond donors (Lipinski definition) is 1. The maximum absolute atomic E-state index is 6.26. The highest BCUT2D eigenvalue weighted by Crippen LogP contribution is 2.35. The van der Waals surface area contributed by atoms with Gasteiger partial charge in [-0.1, -0.05) is 35.4 Å². The van der Waals surface area contributed by atoms with Crippen molar-refractivity contribution in [2.24, 2.45) is 0 Å². The summed E-state index contributed by atoms with van der Waals surface area (Å²) in [4.78, 5) is 9.77. The number of nitrogens with one attached hydrogen (secondary N) is 1. The minimum absolute atomic E-state index is 0.701. The van der Waals surface area contributed by atoms with E-state index in [9.17, 15) is 0 Å². The van der Waals surface area contributed by atoms with E-state index < -0.39 is 0 Å². The van der Waals surface area contributed by atoms with Crippen LogP contribution in [-0.4, -0.2) is 48.0 Å². The number of piperazine rings is 1. The van der Waals surface area contributed by atoms with Gasteiger partial charge >= 0.3 is 0 Å². The second-order valence-electron chi connectivity index (χ2n) is 8.57. The van der Waals surface area contributed by atoms with Gasteiger partial charge in [-0.2, -0.15) is 0 Å². The Morgan fingerprint density at radius 1 is 0.903 bits per heavy atom. The molecule has 1 N–H and O–H groups in total. The zero-order chi connectivity index (χ0) is 21.4. The molecule has 5 heteroatoms. The summed E-state index contributed by atoms with van der Waals surface area (Å²) in [6, 6.07) is 21.1. The lowest BCUT2D eigenvalue weighted by atomic mass is 10.0. The molecule has 0 unspecified atom stereocenters. The molecule has 158 valence electrons. The van der Waals surface area contributed by atoms with Gasteiger partial charge in [0.1, 0.15) is 0 Å². The van der Waals surface area contributed by atoms with Crippen LogP contribution < -0.4 is 5.32 Å². The van der Waals surface area contributed by atoms with Crippen molar-refractivity contribution < 1.29 is 0 Å². The van der Waals surface area contributed by atoms with Crippen LogP contribution in [0.2, 0.25) is 5.02 Å². The van der Waals surface area contributed by atoms with Crippen LogP contribution in [0.1, 0.15) is 11.1 Å². The second kappa shape index (κ2) is 8.46. The minimum Gasteiger partial charge on any atom is -0.354 e. The average Bonchev–Trinajstić information content (AvgIpc) is 2.76. The fourth-order valence-electron chi connectivity index (χ4n) is 4.32. The third kappa shape index (κ3) is 4.38. The van der Waals surface area contributed by atoms with E-state index in [1.807, 2.05) is 12.1 Å². The molecular weight excluding hydrogens is 404 g/mol. The highest BCUT2D eigenvalue weighted by atomic mass is 35.5. The maximum atomic E-state index is 6.26. The van der Waals surface area contributed by atoms with Gasteiger partial charge in [-0.05, 0) is 62.0 Å². The number of hydrogen-bond acceptors (Lipinski definition) is 4. The number of likely N-dealkylation sites (N-methyl/N-ethyl adjacent to an activating group) is 1. The van der Waals surface area contributed by atoms with Crippen molar-refractivity contribution in [3.8, 4) is 0 Å². The zero-order valence-electron chi connectivity index (χ0n) is 18.0. The minimum atomic E-state index is 0.701. The molecule has 4 aromatic rings. The van der Waals surface area contributed by atoms with Crippen molar-refractivity contribution in [3.63, 3.8) is 0 Å². The number of fused-ring (bicyclic) bond motifs is 2. The van der Waals surface area contributed by atoms with Gasteiger partial charge < -0.3 is 10.2 Å². The summed E-state index contributed by atoms with van der Waals surface area (Å²) in [5.41, 5.74) is 6.59. The van der Waals surface area contributed by atoms with Gasteiger partial charge in [0.2, 0.25) is 0 Å². The molecule has 0 aliphatic carbocycles. The predicted molar refractivity (Wildman–Crippen MR) is 131 cm³/mol. The van der Waals surface area contributed by atoms with E-state index in [2.05, 4.69) is 77.6 Å². The molecule has 5 rings (SSSR count). The molecule has 31 heavy (non-hydrogen) atoms. The Balaban J connectivity index is 1.51. The van der Waals surface area contributed by atoms with Gasteiger partial charge in [-0.3, -0.25) is 4.90 Å². The van der Waals surface area contributed by atoms with E-state index in [4.69, 9.17) is 16.6 Å². The average molecular weight is 431 g/mol. The lowest BCUT2D eigenvalue weighted by molar-refractivity contribution is 0.148. The molecular formula is C26H27ClN4. The van der Waals surface area contributed by atoms with Crippen LogP contribution in [0.4, 0.5) is 11.4 Å². The van der Waals surface area contributed by atoms with Crippen molar-refractivity contribution in [1.29, 1.82) is 0 Å². The first-order valence-electron chi connectivity index (χ1n) is 10.8. The lowest BCUT2D eigenvalue weighted by Gasteiger charge is -2.32. The van der Waals surface area contributed by atoms with E-state index in [1.54, 1.807) is 0 Å². The number of aromatic nitrogens is 1. The molecule has 1 aliphatic rings. The van der Waals surface area contributed by atoms with Gasteiger partial charge in [-0.25, -0.2) is 4.98 Å². The maximum Gasteiger partial charge on any atom is 0.0745 e. The van der Waals surface area contributed by atoms with Crippen LogP contribution in [0.5, 0.6) is 0 Å². The summed E-state index contributed by atoms with van der Waals surface area (Å²) >= 11 is 6.26. The Hall–Kier alpha value is -2.66. The lowest BCUT2D eigenvalue weighted by Crippen LogP contribution is -2.43. The Morgan fingerprint density at radius 3 is 2.58 bits per heavy atom. The smallest absolute Gasteiger partial charge is 0.0745 e. The number of pyridine rings is 1. The number of halogens is 1. The van der Waals surface area contributed by atoms with Crippen molar-refractivity contribution >= 4 is 44.8 Å².